The van der Waals surface area contributed by atoms with Crippen molar-refractivity contribution in [3.8, 4) is 0 Å². The Hall–Kier alpha value is 0.210. The number of ether oxygens (including phenoxy) is 2. The summed E-state index contributed by atoms with van der Waals surface area (Å²) >= 11 is 6.32. The first kappa shape index (κ1) is 31.2. The molecule has 0 saturated carbocycles. The molecule has 2 unspecified atom stereocenters. The highest BCUT2D eigenvalue weighted by atomic mass is 35.5. The van der Waals surface area contributed by atoms with Crippen molar-refractivity contribution >= 4 is 11.6 Å². The first-order chi connectivity index (χ1) is 15.0. The Labute approximate surface area is 201 Å². The molecule has 0 radical (unpaired) electrons. The zero-order valence-electron chi connectivity index (χ0n) is 21.8. The van der Waals surface area contributed by atoms with Gasteiger partial charge in [-0.2, -0.15) is 0 Å². The van der Waals surface area contributed by atoms with E-state index in [1.54, 1.807) is 0 Å². The maximum Gasteiger partial charge on any atom is 0.0669 e. The number of rotatable bonds is 25. The van der Waals surface area contributed by atoms with Crippen LogP contribution in [0.5, 0.6) is 0 Å². The summed E-state index contributed by atoms with van der Waals surface area (Å²) in [6.07, 6.45) is 24.6. The molecule has 0 rings (SSSR count). The van der Waals surface area contributed by atoms with E-state index in [4.69, 9.17) is 21.1 Å². The van der Waals surface area contributed by atoms with Crippen molar-refractivity contribution < 1.29 is 9.47 Å². The van der Waals surface area contributed by atoms with Crippen LogP contribution in [0.4, 0.5) is 0 Å². The first-order valence-electron chi connectivity index (χ1n) is 13.9. The van der Waals surface area contributed by atoms with Gasteiger partial charge in [-0.05, 0) is 46.0 Å². The zero-order chi connectivity index (χ0) is 23.0. The highest BCUT2D eigenvalue weighted by molar-refractivity contribution is 6.20. The lowest BCUT2D eigenvalue weighted by Crippen LogP contribution is -2.32. The van der Waals surface area contributed by atoms with Gasteiger partial charge in [0.25, 0.3) is 0 Å². The monoisotopic (exact) mass is 460 g/mol. The highest BCUT2D eigenvalue weighted by Gasteiger charge is 2.26. The summed E-state index contributed by atoms with van der Waals surface area (Å²) in [5, 5.41) is 0.154. The molecular weight excluding hydrogens is 404 g/mol. The Morgan fingerprint density at radius 1 is 0.613 bits per heavy atom. The molecule has 0 fully saturated rings. The van der Waals surface area contributed by atoms with Crippen LogP contribution in [0.15, 0.2) is 0 Å². The number of hydrogen-bond donors (Lipinski definition) is 0. The van der Waals surface area contributed by atoms with E-state index in [-0.39, 0.29) is 11.0 Å². The molecule has 2 atom stereocenters. The molecule has 0 aliphatic heterocycles. The summed E-state index contributed by atoms with van der Waals surface area (Å²) in [7, 11) is 0. The summed E-state index contributed by atoms with van der Waals surface area (Å²) in [5.74, 6) is 0. The van der Waals surface area contributed by atoms with Gasteiger partial charge in [-0.25, -0.2) is 0 Å². The third kappa shape index (κ3) is 23.2. The van der Waals surface area contributed by atoms with Crippen molar-refractivity contribution in [3.05, 3.63) is 0 Å². The van der Waals surface area contributed by atoms with Crippen molar-refractivity contribution in [3.63, 3.8) is 0 Å². The van der Waals surface area contributed by atoms with Gasteiger partial charge in [0.2, 0.25) is 0 Å². The molecule has 0 aromatic rings. The van der Waals surface area contributed by atoms with Crippen LogP contribution in [0.3, 0.4) is 0 Å². The molecule has 0 heterocycles. The average molecular weight is 461 g/mol. The number of halogens is 1. The topological polar surface area (TPSA) is 18.5 Å². The molecule has 3 heteroatoms. The molecule has 2 nitrogen and oxygen atoms in total. The first-order valence-corrected chi connectivity index (χ1v) is 14.3. The molecule has 0 N–H and O–H groups in total. The minimum atomic E-state index is -0.107. The number of unbranched alkanes of at least 4 members (excludes halogenated alkanes) is 14. The lowest BCUT2D eigenvalue weighted by molar-refractivity contribution is -0.0500. The molecular formula is C28H57ClO2. The summed E-state index contributed by atoms with van der Waals surface area (Å²) in [4.78, 5) is 0. The molecule has 0 aromatic heterocycles. The lowest BCUT2D eigenvalue weighted by atomic mass is 9.94. The fourth-order valence-electron chi connectivity index (χ4n) is 4.37. The quantitative estimate of drug-likeness (QED) is 0.0995. The minimum Gasteiger partial charge on any atom is -0.381 e. The molecule has 0 spiro atoms. The van der Waals surface area contributed by atoms with Crippen LogP contribution in [0, 0.1) is 0 Å². The second-order valence-corrected chi connectivity index (χ2v) is 10.7. The molecule has 0 saturated heterocycles. The van der Waals surface area contributed by atoms with E-state index >= 15 is 0 Å². The van der Waals surface area contributed by atoms with E-state index in [1.165, 1.54) is 103 Å². The maximum absolute atomic E-state index is 6.35. The van der Waals surface area contributed by atoms with Crippen molar-refractivity contribution in [2.45, 2.75) is 161 Å². The normalized spacial score (nSPS) is 14.6. The fourth-order valence-corrected chi connectivity index (χ4v) is 4.70. The van der Waals surface area contributed by atoms with Crippen molar-refractivity contribution in [2.75, 3.05) is 19.8 Å². The van der Waals surface area contributed by atoms with Crippen LogP contribution in [0.25, 0.3) is 0 Å². The van der Waals surface area contributed by atoms with Crippen LogP contribution in [-0.4, -0.2) is 30.8 Å². The molecule has 0 aliphatic rings. The largest absolute Gasteiger partial charge is 0.381 e. The second-order valence-electron chi connectivity index (χ2n) is 9.95. The maximum atomic E-state index is 6.35. The fraction of sp³-hybridized carbons (Fsp3) is 1.00. The predicted molar refractivity (Wildman–Crippen MR) is 140 cm³/mol. The SMILES string of the molecule is CCCCCCCCCCOCCCC(C)(CC(C)Cl)OCCCCCCCCCC. The Morgan fingerprint density at radius 2 is 1.03 bits per heavy atom. The van der Waals surface area contributed by atoms with Crippen LogP contribution in [-0.2, 0) is 9.47 Å². The van der Waals surface area contributed by atoms with E-state index in [9.17, 15) is 0 Å². The average Bonchev–Trinajstić information content (AvgIpc) is 2.73. The minimum absolute atomic E-state index is 0.107. The van der Waals surface area contributed by atoms with Crippen LogP contribution < -0.4 is 0 Å². The van der Waals surface area contributed by atoms with Gasteiger partial charge < -0.3 is 9.47 Å². The van der Waals surface area contributed by atoms with Gasteiger partial charge in [-0.1, -0.05) is 104 Å². The van der Waals surface area contributed by atoms with Crippen molar-refractivity contribution in [1.29, 1.82) is 0 Å². The highest BCUT2D eigenvalue weighted by Crippen LogP contribution is 2.26. The number of alkyl halides is 1. The van der Waals surface area contributed by atoms with Gasteiger partial charge in [0.05, 0.1) is 5.60 Å². The summed E-state index contributed by atoms with van der Waals surface area (Å²) in [5.41, 5.74) is -0.107. The molecule has 0 aromatic carbocycles. The van der Waals surface area contributed by atoms with E-state index in [0.29, 0.717) is 0 Å². The molecule has 188 valence electrons. The van der Waals surface area contributed by atoms with Crippen LogP contribution >= 0.6 is 11.6 Å². The van der Waals surface area contributed by atoms with Gasteiger partial charge in [0.1, 0.15) is 0 Å². The number of hydrogen-bond acceptors (Lipinski definition) is 2. The standard InChI is InChI=1S/C28H57ClO2/c1-5-7-9-11-13-15-17-19-23-30-24-21-22-28(4,26-27(3)29)31-25-20-18-16-14-12-10-8-6-2/h27H,5-26H2,1-4H3. The predicted octanol–water partition coefficient (Wildman–Crippen LogP) is 9.86. The summed E-state index contributed by atoms with van der Waals surface area (Å²) < 4.78 is 12.2. The van der Waals surface area contributed by atoms with Gasteiger partial charge in [0, 0.05) is 25.2 Å². The zero-order valence-corrected chi connectivity index (χ0v) is 22.6. The molecule has 0 bridgehead atoms. The van der Waals surface area contributed by atoms with E-state index in [2.05, 4.69) is 27.7 Å². The smallest absolute Gasteiger partial charge is 0.0669 e. The van der Waals surface area contributed by atoms with Gasteiger partial charge in [0.15, 0.2) is 0 Å². The third-order valence-electron chi connectivity index (χ3n) is 6.30. The Bertz CT molecular complexity index is 348. The summed E-state index contributed by atoms with van der Waals surface area (Å²) in [6, 6.07) is 0. The summed E-state index contributed by atoms with van der Waals surface area (Å²) in [6.45, 7) is 11.5. The second kappa shape index (κ2) is 23.4. The van der Waals surface area contributed by atoms with E-state index in [1.807, 2.05) is 0 Å². The van der Waals surface area contributed by atoms with Gasteiger partial charge in [-0.3, -0.25) is 0 Å². The van der Waals surface area contributed by atoms with Crippen LogP contribution in [0.2, 0.25) is 0 Å². The lowest BCUT2D eigenvalue weighted by Gasteiger charge is -2.31. The van der Waals surface area contributed by atoms with Gasteiger partial charge in [-0.15, -0.1) is 11.6 Å². The molecule has 0 amide bonds. The van der Waals surface area contributed by atoms with E-state index < -0.39 is 0 Å². The Morgan fingerprint density at radius 3 is 1.52 bits per heavy atom. The van der Waals surface area contributed by atoms with Crippen molar-refractivity contribution in [2.24, 2.45) is 0 Å². The molecule has 0 aliphatic carbocycles. The van der Waals surface area contributed by atoms with Gasteiger partial charge >= 0.3 is 0 Å². The Balaban J connectivity index is 3.72. The molecule has 31 heavy (non-hydrogen) atoms. The van der Waals surface area contributed by atoms with Crippen molar-refractivity contribution in [1.82, 2.24) is 0 Å². The van der Waals surface area contributed by atoms with E-state index in [0.717, 1.165) is 39.1 Å². The Kier molecular flexibility index (Phi) is 23.5. The third-order valence-corrected chi connectivity index (χ3v) is 6.45. The van der Waals surface area contributed by atoms with Crippen LogP contribution in [0.1, 0.15) is 150 Å².